The van der Waals surface area contributed by atoms with Crippen molar-refractivity contribution < 1.29 is 4.79 Å². The Labute approximate surface area is 166 Å². The molecule has 6 heteroatoms. The number of aromatic nitrogens is 2. The number of thiophene rings is 2. The fraction of sp³-hybridized carbons (Fsp3) is 0.143. The Hall–Kier alpha value is -2.70. The van der Waals surface area contributed by atoms with E-state index in [0.717, 1.165) is 21.0 Å². The number of hydrogen-bond donors (Lipinski definition) is 1. The number of benzene rings is 1. The Morgan fingerprint density at radius 3 is 2.56 bits per heavy atom. The van der Waals surface area contributed by atoms with Gasteiger partial charge in [0.15, 0.2) is 0 Å². The van der Waals surface area contributed by atoms with Crippen LogP contribution < -0.4 is 5.32 Å². The maximum atomic E-state index is 13.0. The zero-order valence-electron chi connectivity index (χ0n) is 14.8. The van der Waals surface area contributed by atoms with Crippen LogP contribution in [0.1, 0.15) is 33.8 Å². The summed E-state index contributed by atoms with van der Waals surface area (Å²) in [6.07, 6.45) is 1.85. The third-order valence-corrected chi connectivity index (χ3v) is 6.20. The average Bonchev–Trinajstić information content (AvgIpc) is 3.43. The summed E-state index contributed by atoms with van der Waals surface area (Å²) in [7, 11) is 0. The number of carbonyl (C=O) groups excluding carboxylic acids is 1. The second kappa shape index (κ2) is 7.90. The first-order valence-corrected chi connectivity index (χ1v) is 10.5. The monoisotopic (exact) mass is 393 g/mol. The molecule has 4 aromatic rings. The normalized spacial score (nSPS) is 12.0. The lowest BCUT2D eigenvalue weighted by atomic mass is 10.2. The molecule has 0 bridgehead atoms. The van der Waals surface area contributed by atoms with Gasteiger partial charge in [0.2, 0.25) is 0 Å². The van der Waals surface area contributed by atoms with Gasteiger partial charge in [-0.15, -0.1) is 22.7 Å². The van der Waals surface area contributed by atoms with E-state index in [-0.39, 0.29) is 11.9 Å². The molecule has 136 valence electrons. The minimum absolute atomic E-state index is 0.0360. The summed E-state index contributed by atoms with van der Waals surface area (Å²) in [6, 6.07) is 18.1. The molecule has 1 aromatic carbocycles. The summed E-state index contributed by atoms with van der Waals surface area (Å²) in [5.41, 5.74) is 2.49. The lowest BCUT2D eigenvalue weighted by Gasteiger charge is -2.11. The number of amides is 1. The van der Waals surface area contributed by atoms with Crippen molar-refractivity contribution in [3.63, 3.8) is 0 Å². The zero-order valence-corrected chi connectivity index (χ0v) is 16.5. The van der Waals surface area contributed by atoms with Crippen LogP contribution in [-0.4, -0.2) is 15.7 Å². The molecule has 3 heterocycles. The molecule has 0 spiro atoms. The molecule has 0 unspecified atom stereocenters. The van der Waals surface area contributed by atoms with Crippen LogP contribution in [0.5, 0.6) is 0 Å². The largest absolute Gasteiger partial charge is 0.345 e. The molecule has 0 aliphatic heterocycles. The van der Waals surface area contributed by atoms with E-state index in [1.807, 2.05) is 71.0 Å². The second-order valence-electron chi connectivity index (χ2n) is 6.26. The number of hydrogen-bond acceptors (Lipinski definition) is 4. The molecule has 0 fully saturated rings. The average molecular weight is 394 g/mol. The number of rotatable bonds is 6. The van der Waals surface area contributed by atoms with Crippen molar-refractivity contribution in [2.75, 3.05) is 0 Å². The highest BCUT2D eigenvalue weighted by Crippen LogP contribution is 2.28. The summed E-state index contributed by atoms with van der Waals surface area (Å²) in [4.78, 5) is 15.1. The standard InChI is InChI=1S/C21H19N3OS2/c1-15(18-9-5-11-26-18)22-21(25)17-14-24(13-16-7-3-2-4-8-16)23-20(17)19-10-6-12-27-19/h2-12,14-15H,13H2,1H3,(H,22,25)/t15-/m0/s1. The van der Waals surface area contributed by atoms with Crippen LogP contribution in [0.3, 0.4) is 0 Å². The Balaban J connectivity index is 1.62. The van der Waals surface area contributed by atoms with Crippen LogP contribution in [0.15, 0.2) is 71.6 Å². The fourth-order valence-corrected chi connectivity index (χ4v) is 4.38. The third kappa shape index (κ3) is 4.02. The molecule has 0 saturated heterocycles. The minimum Gasteiger partial charge on any atom is -0.345 e. The van der Waals surface area contributed by atoms with Gasteiger partial charge < -0.3 is 5.32 Å². The quantitative estimate of drug-likeness (QED) is 0.489. The van der Waals surface area contributed by atoms with Gasteiger partial charge in [-0.2, -0.15) is 5.10 Å². The number of nitrogens with one attached hydrogen (secondary N) is 1. The molecule has 0 aliphatic rings. The summed E-state index contributed by atoms with van der Waals surface area (Å²) in [5.74, 6) is -0.0985. The summed E-state index contributed by atoms with van der Waals surface area (Å²) >= 11 is 3.23. The zero-order chi connectivity index (χ0) is 18.6. The van der Waals surface area contributed by atoms with Gasteiger partial charge in [-0.1, -0.05) is 42.5 Å². The van der Waals surface area contributed by atoms with Crippen LogP contribution in [0.4, 0.5) is 0 Å². The first-order valence-electron chi connectivity index (χ1n) is 8.70. The van der Waals surface area contributed by atoms with Crippen molar-refractivity contribution in [1.29, 1.82) is 0 Å². The molecule has 3 aromatic heterocycles. The molecule has 4 rings (SSSR count). The summed E-state index contributed by atoms with van der Waals surface area (Å²) in [6.45, 7) is 2.63. The maximum absolute atomic E-state index is 13.0. The predicted molar refractivity (Wildman–Crippen MR) is 111 cm³/mol. The molecule has 4 nitrogen and oxygen atoms in total. The van der Waals surface area contributed by atoms with Gasteiger partial charge in [-0.3, -0.25) is 9.48 Å². The Morgan fingerprint density at radius 2 is 1.85 bits per heavy atom. The molecule has 1 N–H and O–H groups in total. The molecule has 0 aliphatic carbocycles. The van der Waals surface area contributed by atoms with Crippen molar-refractivity contribution in [3.05, 3.63) is 87.6 Å². The van der Waals surface area contributed by atoms with Crippen LogP contribution >= 0.6 is 22.7 Å². The SMILES string of the molecule is C[C@H](NC(=O)c1cn(Cc2ccccc2)nc1-c1cccs1)c1cccs1. The van der Waals surface area contributed by atoms with Gasteiger partial charge in [0.05, 0.1) is 23.0 Å². The molecule has 0 radical (unpaired) electrons. The summed E-state index contributed by atoms with van der Waals surface area (Å²) < 4.78 is 1.84. The summed E-state index contributed by atoms with van der Waals surface area (Å²) in [5, 5.41) is 11.8. The Morgan fingerprint density at radius 1 is 1.07 bits per heavy atom. The lowest BCUT2D eigenvalue weighted by molar-refractivity contribution is 0.0941. The van der Waals surface area contributed by atoms with E-state index in [0.29, 0.717) is 12.1 Å². The minimum atomic E-state index is -0.0985. The van der Waals surface area contributed by atoms with Gasteiger partial charge >= 0.3 is 0 Å². The highest BCUT2D eigenvalue weighted by Gasteiger charge is 2.21. The van der Waals surface area contributed by atoms with E-state index >= 15 is 0 Å². The molecule has 1 amide bonds. The fourth-order valence-electron chi connectivity index (χ4n) is 2.92. The van der Waals surface area contributed by atoms with E-state index in [1.165, 1.54) is 0 Å². The molecule has 0 saturated carbocycles. The number of carbonyl (C=O) groups is 1. The van der Waals surface area contributed by atoms with Gasteiger partial charge in [-0.25, -0.2) is 0 Å². The highest BCUT2D eigenvalue weighted by molar-refractivity contribution is 7.13. The Kier molecular flexibility index (Phi) is 5.18. The van der Waals surface area contributed by atoms with Crippen LogP contribution in [0.2, 0.25) is 0 Å². The van der Waals surface area contributed by atoms with Crippen molar-refractivity contribution in [1.82, 2.24) is 15.1 Å². The maximum Gasteiger partial charge on any atom is 0.255 e. The van der Waals surface area contributed by atoms with Crippen LogP contribution in [0, 0.1) is 0 Å². The lowest BCUT2D eigenvalue weighted by Crippen LogP contribution is -2.26. The first-order chi connectivity index (χ1) is 13.2. The van der Waals surface area contributed by atoms with E-state index < -0.39 is 0 Å². The van der Waals surface area contributed by atoms with Gasteiger partial charge in [0, 0.05) is 11.1 Å². The van der Waals surface area contributed by atoms with Crippen molar-refractivity contribution in [3.8, 4) is 10.6 Å². The van der Waals surface area contributed by atoms with Crippen LogP contribution in [-0.2, 0) is 6.54 Å². The van der Waals surface area contributed by atoms with Gasteiger partial charge in [0.25, 0.3) is 5.91 Å². The first kappa shape index (κ1) is 17.7. The predicted octanol–water partition coefficient (Wildman–Crippen LogP) is 5.21. The molecule has 1 atom stereocenters. The van der Waals surface area contributed by atoms with Crippen molar-refractivity contribution >= 4 is 28.6 Å². The van der Waals surface area contributed by atoms with Gasteiger partial charge in [-0.05, 0) is 35.4 Å². The third-order valence-electron chi connectivity index (χ3n) is 4.27. The van der Waals surface area contributed by atoms with Crippen molar-refractivity contribution in [2.24, 2.45) is 0 Å². The highest BCUT2D eigenvalue weighted by atomic mass is 32.1. The topological polar surface area (TPSA) is 46.9 Å². The smallest absolute Gasteiger partial charge is 0.255 e. The number of nitrogens with zero attached hydrogens (tertiary/aromatic N) is 2. The van der Waals surface area contributed by atoms with E-state index in [1.54, 1.807) is 22.7 Å². The van der Waals surface area contributed by atoms with Gasteiger partial charge in [0.1, 0.15) is 5.69 Å². The van der Waals surface area contributed by atoms with E-state index in [9.17, 15) is 4.79 Å². The molecule has 27 heavy (non-hydrogen) atoms. The molecular weight excluding hydrogens is 374 g/mol. The van der Waals surface area contributed by atoms with Crippen molar-refractivity contribution in [2.45, 2.75) is 19.5 Å². The Bertz CT molecular complexity index is 1010. The van der Waals surface area contributed by atoms with E-state index in [2.05, 4.69) is 17.4 Å². The molecular formula is C21H19N3OS2. The van der Waals surface area contributed by atoms with E-state index in [4.69, 9.17) is 5.10 Å². The second-order valence-corrected chi connectivity index (χ2v) is 8.19. The van der Waals surface area contributed by atoms with Crippen LogP contribution in [0.25, 0.3) is 10.6 Å².